The van der Waals surface area contributed by atoms with Crippen LogP contribution in [0.5, 0.6) is 0 Å². The van der Waals surface area contributed by atoms with Crippen molar-refractivity contribution in [3.63, 3.8) is 0 Å². The summed E-state index contributed by atoms with van der Waals surface area (Å²) < 4.78 is 2.40. The van der Waals surface area contributed by atoms with Crippen molar-refractivity contribution in [1.29, 1.82) is 0 Å². The average molecular weight is 311 g/mol. The summed E-state index contributed by atoms with van der Waals surface area (Å²) in [6.07, 6.45) is 0. The zero-order valence-corrected chi connectivity index (χ0v) is 14.6. The van der Waals surface area contributed by atoms with Gasteiger partial charge in [0, 0.05) is 28.8 Å². The molecule has 0 saturated heterocycles. The van der Waals surface area contributed by atoms with Gasteiger partial charge in [0.25, 0.3) is 0 Å². The van der Waals surface area contributed by atoms with E-state index in [1.54, 1.807) is 0 Å². The van der Waals surface area contributed by atoms with E-state index in [1.165, 1.54) is 49.6 Å². The molecule has 4 aromatic rings. The molecule has 0 unspecified atom stereocenters. The summed E-state index contributed by atoms with van der Waals surface area (Å²) in [5, 5.41) is 2.72. The minimum atomic E-state index is 0.0611. The number of hydrogen-bond acceptors (Lipinski definition) is 0. The molecule has 0 radical (unpaired) electrons. The summed E-state index contributed by atoms with van der Waals surface area (Å²) in [6.45, 7) is 6.90. The summed E-state index contributed by atoms with van der Waals surface area (Å²) >= 11 is 0. The van der Waals surface area contributed by atoms with Gasteiger partial charge in [-0.3, -0.25) is 0 Å². The summed E-state index contributed by atoms with van der Waals surface area (Å²) in [7, 11) is 2.21. The third-order valence-electron chi connectivity index (χ3n) is 5.92. The average Bonchev–Trinajstić information content (AvgIpc) is 3.00. The van der Waals surface area contributed by atoms with Crippen molar-refractivity contribution in [2.45, 2.75) is 26.2 Å². The predicted molar refractivity (Wildman–Crippen MR) is 103 cm³/mol. The minimum absolute atomic E-state index is 0.0611. The first kappa shape index (κ1) is 13.9. The number of fused-ring (bicyclic) bond motifs is 7. The van der Waals surface area contributed by atoms with Gasteiger partial charge in [-0.25, -0.2) is 0 Å². The van der Waals surface area contributed by atoms with Gasteiger partial charge in [0.05, 0.1) is 11.0 Å². The van der Waals surface area contributed by atoms with Crippen LogP contribution in [0.4, 0.5) is 0 Å². The first-order chi connectivity index (χ1) is 11.5. The Morgan fingerprint density at radius 1 is 0.750 bits per heavy atom. The number of para-hydroxylation sites is 1. The molecule has 1 nitrogen and oxygen atoms in total. The van der Waals surface area contributed by atoms with Gasteiger partial charge in [0.2, 0.25) is 0 Å². The van der Waals surface area contributed by atoms with Gasteiger partial charge in [0.15, 0.2) is 0 Å². The lowest BCUT2D eigenvalue weighted by Gasteiger charge is -2.21. The summed E-state index contributed by atoms with van der Waals surface area (Å²) in [5.41, 5.74) is 9.82. The van der Waals surface area contributed by atoms with Gasteiger partial charge in [-0.15, -0.1) is 0 Å². The Balaban J connectivity index is 2.07. The molecule has 5 rings (SSSR count). The van der Waals surface area contributed by atoms with Crippen LogP contribution in [0, 0.1) is 6.92 Å². The fourth-order valence-corrected chi connectivity index (χ4v) is 4.77. The van der Waals surface area contributed by atoms with Crippen LogP contribution in [-0.4, -0.2) is 4.57 Å². The zero-order valence-electron chi connectivity index (χ0n) is 14.6. The van der Waals surface area contributed by atoms with E-state index in [0.717, 1.165) is 0 Å². The first-order valence-corrected chi connectivity index (χ1v) is 8.63. The lowest BCUT2D eigenvalue weighted by molar-refractivity contribution is 0.660. The highest BCUT2D eigenvalue weighted by Crippen LogP contribution is 2.52. The molecule has 3 aromatic carbocycles. The molecular formula is C23H21N. The normalized spacial score (nSPS) is 15.0. The Kier molecular flexibility index (Phi) is 2.48. The molecule has 1 aromatic heterocycles. The van der Waals surface area contributed by atoms with Gasteiger partial charge in [-0.05, 0) is 29.2 Å². The van der Waals surface area contributed by atoms with E-state index < -0.39 is 0 Å². The molecule has 1 heteroatoms. The molecule has 0 spiro atoms. The van der Waals surface area contributed by atoms with E-state index in [0.29, 0.717) is 0 Å². The number of aromatic nitrogens is 1. The number of rotatable bonds is 0. The first-order valence-electron chi connectivity index (χ1n) is 8.63. The number of aryl methyl sites for hydroxylation is 2. The molecular weight excluding hydrogens is 290 g/mol. The predicted octanol–water partition coefficient (Wildman–Crippen LogP) is 5.95. The molecule has 1 aliphatic carbocycles. The van der Waals surface area contributed by atoms with Crippen LogP contribution in [0.2, 0.25) is 0 Å². The molecule has 0 bridgehead atoms. The van der Waals surface area contributed by atoms with Crippen LogP contribution in [0.15, 0.2) is 54.6 Å². The second-order valence-electron chi connectivity index (χ2n) is 7.58. The highest BCUT2D eigenvalue weighted by molar-refractivity contribution is 6.15. The van der Waals surface area contributed by atoms with Crippen molar-refractivity contribution in [1.82, 2.24) is 4.57 Å². The van der Waals surface area contributed by atoms with E-state index in [2.05, 4.69) is 87.0 Å². The second-order valence-corrected chi connectivity index (χ2v) is 7.58. The fraction of sp³-hybridized carbons (Fsp3) is 0.217. The molecule has 1 aliphatic rings. The number of hydrogen-bond donors (Lipinski definition) is 0. The highest BCUT2D eigenvalue weighted by Gasteiger charge is 2.37. The van der Waals surface area contributed by atoms with E-state index in [-0.39, 0.29) is 5.41 Å². The molecule has 0 amide bonds. The van der Waals surface area contributed by atoms with Crippen molar-refractivity contribution < 1.29 is 0 Å². The maximum atomic E-state index is 2.40. The molecule has 0 aliphatic heterocycles. The van der Waals surface area contributed by atoms with Crippen LogP contribution in [0.1, 0.15) is 30.5 Å². The van der Waals surface area contributed by atoms with Gasteiger partial charge < -0.3 is 4.57 Å². The Morgan fingerprint density at radius 3 is 2.33 bits per heavy atom. The van der Waals surface area contributed by atoms with Crippen LogP contribution >= 0.6 is 0 Å². The Bertz CT molecular complexity index is 1140. The lowest BCUT2D eigenvalue weighted by Crippen LogP contribution is -2.14. The van der Waals surface area contributed by atoms with Crippen molar-refractivity contribution >= 4 is 21.8 Å². The van der Waals surface area contributed by atoms with Crippen LogP contribution < -0.4 is 0 Å². The number of benzene rings is 3. The molecule has 0 N–H and O–H groups in total. The van der Waals surface area contributed by atoms with Crippen LogP contribution in [-0.2, 0) is 12.5 Å². The van der Waals surface area contributed by atoms with Crippen LogP contribution in [0.25, 0.3) is 32.9 Å². The molecule has 118 valence electrons. The zero-order chi connectivity index (χ0) is 16.6. The second kappa shape index (κ2) is 4.30. The van der Waals surface area contributed by atoms with E-state index in [1.807, 2.05) is 0 Å². The summed E-state index contributed by atoms with van der Waals surface area (Å²) in [5.74, 6) is 0. The quantitative estimate of drug-likeness (QED) is 0.378. The van der Waals surface area contributed by atoms with E-state index in [4.69, 9.17) is 0 Å². The third-order valence-corrected chi connectivity index (χ3v) is 5.92. The van der Waals surface area contributed by atoms with E-state index >= 15 is 0 Å². The van der Waals surface area contributed by atoms with Crippen molar-refractivity contribution in [2.75, 3.05) is 0 Å². The lowest BCUT2D eigenvalue weighted by atomic mass is 9.82. The molecule has 0 fully saturated rings. The summed E-state index contributed by atoms with van der Waals surface area (Å²) in [6, 6.07) is 20.2. The number of nitrogens with zero attached hydrogens (tertiary/aromatic N) is 1. The minimum Gasteiger partial charge on any atom is -0.343 e. The molecule has 0 saturated carbocycles. The fourth-order valence-electron chi connectivity index (χ4n) is 4.77. The Labute approximate surface area is 142 Å². The van der Waals surface area contributed by atoms with Crippen LogP contribution in [0.3, 0.4) is 0 Å². The van der Waals surface area contributed by atoms with Crippen molar-refractivity contribution in [3.8, 4) is 11.1 Å². The SMILES string of the molecule is Cc1cccc2c3ccc4c(c3n(C)c12)-c1ccccc1C4(C)C. The maximum absolute atomic E-state index is 2.40. The van der Waals surface area contributed by atoms with E-state index in [9.17, 15) is 0 Å². The van der Waals surface area contributed by atoms with Gasteiger partial charge in [-0.2, -0.15) is 0 Å². The third kappa shape index (κ3) is 1.46. The molecule has 0 atom stereocenters. The van der Waals surface area contributed by atoms with Crippen molar-refractivity contribution in [2.24, 2.45) is 7.05 Å². The largest absolute Gasteiger partial charge is 0.343 e. The Hall–Kier alpha value is -2.54. The highest BCUT2D eigenvalue weighted by atomic mass is 14.9. The topological polar surface area (TPSA) is 4.93 Å². The monoisotopic (exact) mass is 311 g/mol. The molecule has 1 heterocycles. The van der Waals surface area contributed by atoms with Gasteiger partial charge in [0.1, 0.15) is 0 Å². The standard InChI is InChI=1S/C23H21N/c1-14-8-7-10-15-16-12-13-19-20(22(16)24(4)21(14)15)17-9-5-6-11-18(17)23(19,2)3/h5-13H,1-4H3. The maximum Gasteiger partial charge on any atom is 0.0571 e. The Morgan fingerprint density at radius 2 is 1.50 bits per heavy atom. The van der Waals surface area contributed by atoms with Gasteiger partial charge in [-0.1, -0.05) is 68.4 Å². The molecule has 24 heavy (non-hydrogen) atoms. The van der Waals surface area contributed by atoms with Crippen molar-refractivity contribution in [3.05, 3.63) is 71.3 Å². The smallest absolute Gasteiger partial charge is 0.0571 e. The van der Waals surface area contributed by atoms with Gasteiger partial charge >= 0.3 is 0 Å². The summed E-state index contributed by atoms with van der Waals surface area (Å²) in [4.78, 5) is 0.